The van der Waals surface area contributed by atoms with Crippen molar-refractivity contribution >= 4 is 65.0 Å². The second-order valence-corrected chi connectivity index (χ2v) is 17.8. The highest BCUT2D eigenvalue weighted by atomic mass is 16.4. The molecule has 2 fully saturated rings. The number of aliphatic hydroxyl groups is 1. The van der Waals surface area contributed by atoms with Gasteiger partial charge in [0.2, 0.25) is 59.1 Å². The number of nitrogens with zero attached hydrogens (tertiary/aromatic N) is 1. The smallest absolute Gasteiger partial charge is 0.326 e. The van der Waals surface area contributed by atoms with Crippen molar-refractivity contribution in [1.82, 2.24) is 52.8 Å². The van der Waals surface area contributed by atoms with Gasteiger partial charge in [0.25, 0.3) is 0 Å². The van der Waals surface area contributed by atoms with Gasteiger partial charge in [-0.15, -0.1) is 0 Å². The van der Waals surface area contributed by atoms with Gasteiger partial charge in [-0.25, -0.2) is 4.79 Å². The Hall–Kier alpha value is -6.21. The van der Waals surface area contributed by atoms with Crippen LogP contribution >= 0.6 is 0 Å². The summed E-state index contributed by atoms with van der Waals surface area (Å²) in [6.45, 7) is 11.1. The molecule has 15 N–H and O–H groups in total. The van der Waals surface area contributed by atoms with E-state index in [1.54, 1.807) is 27.7 Å². The summed E-state index contributed by atoms with van der Waals surface area (Å²) in [6, 6.07) is -7.98. The summed E-state index contributed by atoms with van der Waals surface area (Å²) >= 11 is 0. The van der Waals surface area contributed by atoms with Gasteiger partial charge in [0.15, 0.2) is 0 Å². The third-order valence-electron chi connectivity index (χ3n) is 11.1. The molecule has 2 rings (SSSR count). The quantitative estimate of drug-likeness (QED) is 0.0247. The van der Waals surface area contributed by atoms with Gasteiger partial charge < -0.3 is 69.1 Å². The van der Waals surface area contributed by atoms with Gasteiger partial charge in [0.05, 0.1) is 25.7 Å². The van der Waals surface area contributed by atoms with E-state index >= 15 is 0 Å². The highest BCUT2D eigenvalue weighted by Gasteiger charge is 2.37. The average Bonchev–Trinajstić information content (AvgIpc) is 3.90. The number of unbranched alkanes of at least 4 members (excludes halogenated alkanes) is 1. The molecule has 382 valence electrons. The molecule has 0 unspecified atom stereocenters. The minimum Gasteiger partial charge on any atom is -0.480 e. The van der Waals surface area contributed by atoms with E-state index < -0.39 is 133 Å². The Labute approximate surface area is 395 Å². The first-order valence-electron chi connectivity index (χ1n) is 22.9. The van der Waals surface area contributed by atoms with Gasteiger partial charge in [0.1, 0.15) is 42.3 Å². The minimum absolute atomic E-state index is 0.0803. The van der Waals surface area contributed by atoms with Crippen LogP contribution in [0.3, 0.4) is 0 Å². The Balaban J connectivity index is 1.99. The maximum Gasteiger partial charge on any atom is 0.326 e. The SMILES string of the molecule is C=C1[C@H](C(=O)NCC(=O)N[C@@H](CCC(N)=O)C(=O)N[C@@H](CC(C)C)C(=O)NCC(=O)N[C@@H](CC(C)C)C(=O)N[C@@H](C)C(=O)NCC(=O)N2CCC[C@H]2C(=O)N[C@@H](CCCCN)C(=O)O)NC[C@H]1O. The first-order chi connectivity index (χ1) is 31.9. The third-order valence-corrected chi connectivity index (χ3v) is 11.1. The predicted octanol–water partition coefficient (Wildman–Crippen LogP) is -4.77. The Morgan fingerprint density at radius 1 is 0.706 bits per heavy atom. The number of likely N-dealkylation sites (tertiary alicyclic amines) is 1. The van der Waals surface area contributed by atoms with E-state index in [2.05, 4.69) is 54.4 Å². The lowest BCUT2D eigenvalue weighted by Gasteiger charge is -2.26. The zero-order valence-corrected chi connectivity index (χ0v) is 39.6. The second kappa shape index (κ2) is 28.9. The highest BCUT2D eigenvalue weighted by molar-refractivity contribution is 5.97. The van der Waals surface area contributed by atoms with Gasteiger partial charge in [-0.3, -0.25) is 53.3 Å². The highest BCUT2D eigenvalue weighted by Crippen LogP contribution is 2.18. The summed E-state index contributed by atoms with van der Waals surface area (Å²) in [5.41, 5.74) is 11.0. The number of hydrogen-bond acceptors (Lipinski definition) is 14. The summed E-state index contributed by atoms with van der Waals surface area (Å²) in [5, 5.41) is 41.9. The van der Waals surface area contributed by atoms with Crippen molar-refractivity contribution in [3.63, 3.8) is 0 Å². The number of aliphatic hydroxyl groups excluding tert-OH is 1. The third kappa shape index (κ3) is 19.9. The summed E-state index contributed by atoms with van der Waals surface area (Å²) in [6.07, 6.45) is 0.704. The molecule has 0 bridgehead atoms. The number of nitrogens with one attached hydrogen (secondary N) is 9. The molecule has 0 aromatic carbocycles. The first kappa shape index (κ1) is 57.9. The number of amides is 10. The number of hydrogen-bond donors (Lipinski definition) is 13. The van der Waals surface area contributed by atoms with E-state index in [1.807, 2.05) is 0 Å². The van der Waals surface area contributed by atoms with Crippen LogP contribution < -0.4 is 59.3 Å². The largest absolute Gasteiger partial charge is 0.480 e. The first-order valence-corrected chi connectivity index (χ1v) is 22.9. The fourth-order valence-corrected chi connectivity index (χ4v) is 7.38. The Morgan fingerprint density at radius 3 is 1.84 bits per heavy atom. The van der Waals surface area contributed by atoms with Crippen molar-refractivity contribution < 1.29 is 63.0 Å². The van der Waals surface area contributed by atoms with Crippen molar-refractivity contribution in [2.24, 2.45) is 23.3 Å². The molecule has 0 aromatic heterocycles. The molecular formula is C43H72N12O13. The lowest BCUT2D eigenvalue weighted by Crippen LogP contribution is -2.57. The Morgan fingerprint density at radius 2 is 1.28 bits per heavy atom. The lowest BCUT2D eigenvalue weighted by molar-refractivity contribution is -0.144. The molecule has 2 saturated heterocycles. The molecule has 0 saturated carbocycles. The Kier molecular flexibility index (Phi) is 24.6. The fourth-order valence-electron chi connectivity index (χ4n) is 7.38. The average molecular weight is 965 g/mol. The van der Waals surface area contributed by atoms with E-state index in [0.29, 0.717) is 32.2 Å². The minimum atomic E-state index is -1.37. The molecule has 2 aliphatic heterocycles. The molecule has 0 radical (unpaired) electrons. The van der Waals surface area contributed by atoms with Crippen molar-refractivity contribution in [3.05, 3.63) is 12.2 Å². The number of nitrogens with two attached hydrogens (primary N) is 2. The number of rotatable bonds is 29. The van der Waals surface area contributed by atoms with Crippen LogP contribution in [0.4, 0.5) is 0 Å². The van der Waals surface area contributed by atoms with E-state index in [1.165, 1.54) is 11.8 Å². The zero-order chi connectivity index (χ0) is 51.2. The van der Waals surface area contributed by atoms with Crippen LogP contribution in [0.15, 0.2) is 12.2 Å². The number of aliphatic carboxylic acids is 1. The summed E-state index contributed by atoms with van der Waals surface area (Å²) in [4.78, 5) is 142. The number of carbonyl (C=O) groups excluding carboxylic acids is 10. The van der Waals surface area contributed by atoms with Gasteiger partial charge in [-0.1, -0.05) is 34.3 Å². The predicted molar refractivity (Wildman–Crippen MR) is 244 cm³/mol. The summed E-state index contributed by atoms with van der Waals surface area (Å²) < 4.78 is 0. The molecule has 0 spiro atoms. The molecule has 10 amide bonds. The molecule has 0 aromatic rings. The van der Waals surface area contributed by atoms with Gasteiger partial charge in [-0.2, -0.15) is 0 Å². The van der Waals surface area contributed by atoms with Crippen LogP contribution in [0.5, 0.6) is 0 Å². The van der Waals surface area contributed by atoms with Crippen molar-refractivity contribution in [2.75, 3.05) is 39.3 Å². The molecule has 2 aliphatic rings. The van der Waals surface area contributed by atoms with Crippen molar-refractivity contribution in [1.29, 1.82) is 0 Å². The topological polar surface area (TPSA) is 392 Å². The van der Waals surface area contributed by atoms with Gasteiger partial charge in [0, 0.05) is 19.5 Å². The van der Waals surface area contributed by atoms with Crippen LogP contribution in [0.1, 0.15) is 92.4 Å². The number of primary amides is 1. The molecule has 25 heteroatoms. The summed E-state index contributed by atoms with van der Waals surface area (Å²) in [7, 11) is 0. The Bertz CT molecular complexity index is 1850. The molecule has 0 aliphatic carbocycles. The standard InChI is InChI=1S/C43H72N12O13/c1-22(2)16-28(54-39(63)26(12-13-32(45)57)51-33(58)20-48-42(66)36-24(5)31(56)18-46-36)38(62)47-19-34(59)52-29(17-23(3)4)40(64)50-25(6)37(61)49-21-35(60)55-15-9-11-30(55)41(65)53-27(43(67)68)10-7-8-14-44/h22-23,25-31,36,46,56H,5,7-21,44H2,1-4,6H3,(H2,45,57)(H,47,62)(H,48,66)(H,49,61)(H,50,64)(H,51,58)(H,52,59)(H,53,65)(H,54,63)(H,67,68)/t25-,26-,27-,28-,29-,30-,31+,36+/m0/s1. The van der Waals surface area contributed by atoms with E-state index in [9.17, 15) is 63.0 Å². The zero-order valence-electron chi connectivity index (χ0n) is 39.6. The monoisotopic (exact) mass is 965 g/mol. The normalized spacial score (nSPS) is 18.9. The maximum atomic E-state index is 13.5. The van der Waals surface area contributed by atoms with Crippen molar-refractivity contribution in [3.8, 4) is 0 Å². The fraction of sp³-hybridized carbons (Fsp3) is 0.698. The van der Waals surface area contributed by atoms with Gasteiger partial charge in [-0.05, 0) is 82.2 Å². The second-order valence-electron chi connectivity index (χ2n) is 17.8. The van der Waals surface area contributed by atoms with Crippen LogP contribution in [-0.2, 0) is 52.7 Å². The number of β-amino-alcohol motifs (C(OH)–C–C–N with tert-alkyl or cyclic N) is 1. The van der Waals surface area contributed by atoms with E-state index in [4.69, 9.17) is 11.5 Å². The van der Waals surface area contributed by atoms with Crippen molar-refractivity contribution in [2.45, 2.75) is 141 Å². The van der Waals surface area contributed by atoms with E-state index in [-0.39, 0.29) is 62.6 Å². The molecule has 8 atom stereocenters. The number of carboxylic acid groups (broad SMARTS) is 1. The molecular weight excluding hydrogens is 893 g/mol. The molecule has 68 heavy (non-hydrogen) atoms. The van der Waals surface area contributed by atoms with Crippen LogP contribution in [0, 0.1) is 11.8 Å². The summed E-state index contributed by atoms with van der Waals surface area (Å²) in [5.74, 6) is -8.85. The number of carboxylic acids is 1. The van der Waals surface area contributed by atoms with Crippen LogP contribution in [0.25, 0.3) is 0 Å². The van der Waals surface area contributed by atoms with Gasteiger partial charge >= 0.3 is 5.97 Å². The molecule has 25 nitrogen and oxygen atoms in total. The van der Waals surface area contributed by atoms with E-state index in [0.717, 1.165) is 0 Å². The number of carbonyl (C=O) groups is 11. The maximum absolute atomic E-state index is 13.5. The molecule has 2 heterocycles. The van der Waals surface area contributed by atoms with Crippen LogP contribution in [-0.4, -0.2) is 168 Å². The van der Waals surface area contributed by atoms with Crippen LogP contribution in [0.2, 0.25) is 0 Å². The lowest BCUT2D eigenvalue weighted by atomic mass is 10.0.